The second-order valence-corrected chi connectivity index (χ2v) is 9.01. The summed E-state index contributed by atoms with van der Waals surface area (Å²) >= 11 is 15.2. The molecule has 1 heterocycles. The first-order valence-electron chi connectivity index (χ1n) is 6.34. The van der Waals surface area contributed by atoms with Gasteiger partial charge in [0.2, 0.25) is 10.0 Å². The fourth-order valence-electron chi connectivity index (χ4n) is 2.33. The maximum Gasteiger partial charge on any atom is 0.243 e. The van der Waals surface area contributed by atoms with Crippen LogP contribution in [0.15, 0.2) is 23.1 Å². The topological polar surface area (TPSA) is 46.6 Å². The molecule has 1 saturated heterocycles. The lowest BCUT2D eigenvalue weighted by molar-refractivity contribution is -0.106. The van der Waals surface area contributed by atoms with Gasteiger partial charge in [-0.25, -0.2) is 8.42 Å². The largest absolute Gasteiger partial charge is 0.369 e. The van der Waals surface area contributed by atoms with Gasteiger partial charge in [0.05, 0.1) is 16.6 Å². The molecule has 0 spiro atoms. The average molecular weight is 417 g/mol. The molecule has 1 unspecified atom stereocenters. The Bertz CT molecular complexity index is 616. The summed E-state index contributed by atoms with van der Waals surface area (Å²) in [6, 6.07) is 4.33. The molecular formula is C13H16BrCl2NO3S. The van der Waals surface area contributed by atoms with Crippen LogP contribution in [0.4, 0.5) is 0 Å². The highest BCUT2D eigenvalue weighted by Gasteiger charge is 2.39. The van der Waals surface area contributed by atoms with E-state index in [0.29, 0.717) is 21.9 Å². The van der Waals surface area contributed by atoms with Crippen LogP contribution in [-0.4, -0.2) is 42.8 Å². The Morgan fingerprint density at radius 2 is 1.90 bits per heavy atom. The Balaban J connectivity index is 2.38. The number of hydrogen-bond donors (Lipinski definition) is 0. The van der Waals surface area contributed by atoms with Gasteiger partial charge in [-0.3, -0.25) is 0 Å². The quantitative estimate of drug-likeness (QED) is 0.707. The van der Waals surface area contributed by atoms with Crippen molar-refractivity contribution in [3.8, 4) is 0 Å². The average Bonchev–Trinajstić information content (AvgIpc) is 2.35. The molecule has 1 fully saturated rings. The zero-order valence-electron chi connectivity index (χ0n) is 11.6. The molecule has 21 heavy (non-hydrogen) atoms. The van der Waals surface area contributed by atoms with Gasteiger partial charge in [0.25, 0.3) is 0 Å². The maximum atomic E-state index is 12.8. The first-order chi connectivity index (χ1) is 9.64. The van der Waals surface area contributed by atoms with Crippen molar-refractivity contribution in [1.29, 1.82) is 0 Å². The van der Waals surface area contributed by atoms with E-state index in [9.17, 15) is 8.42 Å². The van der Waals surface area contributed by atoms with E-state index in [0.717, 1.165) is 0 Å². The van der Waals surface area contributed by atoms with Crippen LogP contribution in [0, 0.1) is 0 Å². The van der Waals surface area contributed by atoms with E-state index >= 15 is 0 Å². The summed E-state index contributed by atoms with van der Waals surface area (Å²) in [6.45, 7) is 4.31. The molecule has 0 amide bonds. The summed E-state index contributed by atoms with van der Waals surface area (Å²) in [5, 5.41) is 1.16. The summed E-state index contributed by atoms with van der Waals surface area (Å²) in [6.07, 6.45) is -0.196. The molecule has 8 heteroatoms. The van der Waals surface area contributed by atoms with Crippen molar-refractivity contribution in [3.63, 3.8) is 0 Å². The fourth-order valence-corrected chi connectivity index (χ4v) is 5.02. The smallest absolute Gasteiger partial charge is 0.243 e. The normalized spacial score (nSPS) is 23.2. The van der Waals surface area contributed by atoms with Crippen LogP contribution >= 0.6 is 39.1 Å². The predicted octanol–water partition coefficient (Wildman–Crippen LogP) is 3.56. The van der Waals surface area contributed by atoms with Crippen LogP contribution < -0.4 is 0 Å². The molecule has 2 rings (SSSR count). The van der Waals surface area contributed by atoms with E-state index < -0.39 is 15.6 Å². The number of ether oxygens (including phenoxy) is 1. The first kappa shape index (κ1) is 17.5. The zero-order chi connectivity index (χ0) is 15.8. The van der Waals surface area contributed by atoms with Crippen LogP contribution in [-0.2, 0) is 14.8 Å². The van der Waals surface area contributed by atoms with Gasteiger partial charge in [0, 0.05) is 28.5 Å². The van der Waals surface area contributed by atoms with E-state index in [1.54, 1.807) is 0 Å². The van der Waals surface area contributed by atoms with Crippen molar-refractivity contribution in [2.45, 2.75) is 30.4 Å². The van der Waals surface area contributed by atoms with E-state index in [-0.39, 0.29) is 17.5 Å². The van der Waals surface area contributed by atoms with Crippen LogP contribution in [0.5, 0.6) is 0 Å². The number of alkyl halides is 1. The minimum atomic E-state index is -3.66. The van der Waals surface area contributed by atoms with Gasteiger partial charge >= 0.3 is 0 Å². The number of sulfonamides is 1. The zero-order valence-corrected chi connectivity index (χ0v) is 15.6. The van der Waals surface area contributed by atoms with Gasteiger partial charge in [-0.05, 0) is 32.0 Å². The van der Waals surface area contributed by atoms with Crippen LogP contribution in [0.1, 0.15) is 13.8 Å². The van der Waals surface area contributed by atoms with E-state index in [2.05, 4.69) is 15.9 Å². The molecule has 118 valence electrons. The summed E-state index contributed by atoms with van der Waals surface area (Å²) in [4.78, 5) is 0.103. The fraction of sp³-hybridized carbons (Fsp3) is 0.538. The Morgan fingerprint density at radius 3 is 2.43 bits per heavy atom. The van der Waals surface area contributed by atoms with Crippen LogP contribution in [0.2, 0.25) is 10.0 Å². The first-order valence-corrected chi connectivity index (χ1v) is 9.66. The highest BCUT2D eigenvalue weighted by molar-refractivity contribution is 9.09. The van der Waals surface area contributed by atoms with Crippen molar-refractivity contribution in [2.24, 2.45) is 0 Å². The number of halogens is 3. The highest BCUT2D eigenvalue weighted by Crippen LogP contribution is 2.29. The number of nitrogens with zero attached hydrogens (tertiary/aromatic N) is 1. The van der Waals surface area contributed by atoms with Crippen molar-refractivity contribution >= 4 is 49.2 Å². The van der Waals surface area contributed by atoms with E-state index in [4.69, 9.17) is 27.9 Å². The third-order valence-electron chi connectivity index (χ3n) is 3.10. The van der Waals surface area contributed by atoms with Gasteiger partial charge in [0.15, 0.2) is 0 Å². The predicted molar refractivity (Wildman–Crippen MR) is 88.0 cm³/mol. The Hall–Kier alpha value is 0.150. The third kappa shape index (κ3) is 4.12. The molecule has 1 aliphatic rings. The number of morpholine rings is 1. The van der Waals surface area contributed by atoms with Crippen molar-refractivity contribution < 1.29 is 13.2 Å². The Kier molecular flexibility index (Phi) is 5.28. The number of hydrogen-bond acceptors (Lipinski definition) is 3. The lowest BCUT2D eigenvalue weighted by Crippen LogP contribution is -2.54. The van der Waals surface area contributed by atoms with Crippen LogP contribution in [0.25, 0.3) is 0 Å². The minimum absolute atomic E-state index is 0.103. The van der Waals surface area contributed by atoms with Crippen molar-refractivity contribution in [2.75, 3.05) is 18.4 Å². The third-order valence-corrected chi connectivity index (χ3v) is 6.04. The van der Waals surface area contributed by atoms with Gasteiger partial charge in [-0.15, -0.1) is 0 Å². The standard InChI is InChI=1S/C13H16BrCl2NO3S/c1-13(2)8-17(7-11(6-14)20-13)21(18,19)12-4-9(15)3-10(16)5-12/h3-5,11H,6-8H2,1-2H3. The Labute approximate surface area is 143 Å². The van der Waals surface area contributed by atoms with E-state index in [1.165, 1.54) is 22.5 Å². The molecule has 0 N–H and O–H groups in total. The van der Waals surface area contributed by atoms with Gasteiger partial charge < -0.3 is 4.74 Å². The molecule has 0 bridgehead atoms. The summed E-state index contributed by atoms with van der Waals surface area (Å²) in [5.74, 6) is 0. The molecule has 0 radical (unpaired) electrons. The van der Waals surface area contributed by atoms with Gasteiger partial charge in [-0.1, -0.05) is 39.1 Å². The monoisotopic (exact) mass is 415 g/mol. The SMILES string of the molecule is CC1(C)CN(S(=O)(=O)c2cc(Cl)cc(Cl)c2)CC(CBr)O1. The molecular weight excluding hydrogens is 401 g/mol. The maximum absolute atomic E-state index is 12.8. The number of rotatable bonds is 3. The second-order valence-electron chi connectivity index (χ2n) is 5.56. The molecule has 1 aliphatic heterocycles. The lowest BCUT2D eigenvalue weighted by Gasteiger charge is -2.41. The second kappa shape index (κ2) is 6.34. The molecule has 4 nitrogen and oxygen atoms in total. The number of benzene rings is 1. The molecule has 1 aromatic rings. The highest BCUT2D eigenvalue weighted by atomic mass is 79.9. The summed E-state index contributed by atoms with van der Waals surface area (Å²) in [7, 11) is -3.66. The molecule has 1 atom stereocenters. The summed E-state index contributed by atoms with van der Waals surface area (Å²) < 4.78 is 32.8. The van der Waals surface area contributed by atoms with Gasteiger partial charge in [-0.2, -0.15) is 4.31 Å². The summed E-state index contributed by atoms with van der Waals surface area (Å²) in [5.41, 5.74) is -0.549. The molecule has 1 aromatic carbocycles. The van der Waals surface area contributed by atoms with Crippen molar-refractivity contribution in [1.82, 2.24) is 4.31 Å². The lowest BCUT2D eigenvalue weighted by atomic mass is 10.1. The molecule has 0 saturated carbocycles. The molecule has 0 aliphatic carbocycles. The van der Waals surface area contributed by atoms with E-state index in [1.807, 2.05) is 13.8 Å². The van der Waals surface area contributed by atoms with Crippen molar-refractivity contribution in [3.05, 3.63) is 28.2 Å². The van der Waals surface area contributed by atoms with Gasteiger partial charge in [0.1, 0.15) is 0 Å². The molecule has 0 aromatic heterocycles. The Morgan fingerprint density at radius 1 is 1.33 bits per heavy atom. The van der Waals surface area contributed by atoms with Crippen LogP contribution in [0.3, 0.4) is 0 Å². The minimum Gasteiger partial charge on any atom is -0.369 e.